The lowest BCUT2D eigenvalue weighted by Crippen LogP contribution is -1.99. The first-order chi connectivity index (χ1) is 28.2. The topological polar surface area (TPSA) is 56.7 Å². The second kappa shape index (κ2) is 12.6. The van der Waals surface area contributed by atoms with Crippen molar-refractivity contribution in [3.05, 3.63) is 182 Å². The van der Waals surface area contributed by atoms with Crippen molar-refractivity contribution in [2.45, 2.75) is 0 Å². The van der Waals surface area contributed by atoms with Crippen LogP contribution in [-0.4, -0.2) is 19.5 Å². The highest BCUT2D eigenvalue weighted by Crippen LogP contribution is 2.41. The Kier molecular flexibility index (Phi) is 7.03. The quantitative estimate of drug-likeness (QED) is 0.176. The molecule has 266 valence electrons. The average Bonchev–Trinajstić information content (AvgIpc) is 3.94. The molecule has 4 heterocycles. The summed E-state index contributed by atoms with van der Waals surface area (Å²) in [5.41, 5.74) is 10.5. The van der Waals surface area contributed by atoms with Gasteiger partial charge in [-0.3, -0.25) is 0 Å². The van der Waals surface area contributed by atoms with E-state index in [1.54, 1.807) is 11.3 Å². The highest BCUT2D eigenvalue weighted by molar-refractivity contribution is 7.25. The summed E-state index contributed by atoms with van der Waals surface area (Å²) in [6.07, 6.45) is 0. The van der Waals surface area contributed by atoms with Gasteiger partial charge in [0.05, 0.1) is 11.0 Å². The Balaban J connectivity index is 0.923. The summed E-state index contributed by atoms with van der Waals surface area (Å²) in [5, 5.41) is 7.13. The number of hydrogen-bond donors (Lipinski definition) is 0. The normalized spacial score (nSPS) is 11.9. The van der Waals surface area contributed by atoms with Gasteiger partial charge in [0.2, 0.25) is 0 Å². The van der Waals surface area contributed by atoms with Crippen LogP contribution >= 0.6 is 11.3 Å². The maximum atomic E-state index is 6.29. The number of hydrogen-bond acceptors (Lipinski definition) is 5. The predicted molar refractivity (Wildman–Crippen MR) is 236 cm³/mol. The van der Waals surface area contributed by atoms with E-state index in [-0.39, 0.29) is 0 Å². The third-order valence-electron chi connectivity index (χ3n) is 11.1. The molecule has 0 N–H and O–H groups in total. The minimum absolute atomic E-state index is 0.661. The highest BCUT2D eigenvalue weighted by atomic mass is 32.1. The predicted octanol–water partition coefficient (Wildman–Crippen LogP) is 13.9. The van der Waals surface area contributed by atoms with Crippen LogP contribution < -0.4 is 0 Å². The summed E-state index contributed by atoms with van der Waals surface area (Å²) in [6, 6.07) is 64.0. The van der Waals surface area contributed by atoms with Crippen molar-refractivity contribution in [2.24, 2.45) is 0 Å². The number of fused-ring (bicyclic) bond motifs is 9. The molecule has 0 aliphatic carbocycles. The Morgan fingerprint density at radius 1 is 0.351 bits per heavy atom. The molecule has 0 saturated carbocycles. The summed E-state index contributed by atoms with van der Waals surface area (Å²) in [7, 11) is 0. The SMILES string of the molecule is c1ccc(-c2nc(-c3ccccc3)nc(-c3ccc4c(c3)sc3cc(-c5ccc(-n6c7ccccc7c7cc8oc9ccccc9c8cc76)cc5)ccc34)n2)cc1. The lowest BCUT2D eigenvalue weighted by atomic mass is 10.0. The molecule has 0 fully saturated rings. The second-order valence-corrected chi connectivity index (χ2v) is 15.5. The van der Waals surface area contributed by atoms with Crippen molar-refractivity contribution in [1.29, 1.82) is 0 Å². The molecule has 0 spiro atoms. The fraction of sp³-hybridized carbons (Fsp3) is 0. The van der Waals surface area contributed by atoms with E-state index in [4.69, 9.17) is 19.4 Å². The lowest BCUT2D eigenvalue weighted by Gasteiger charge is -2.10. The lowest BCUT2D eigenvalue weighted by molar-refractivity contribution is 0.669. The molecular formula is C51H30N4OS. The number of benzene rings is 8. The standard InChI is InChI=1S/C51H30N4OS/c1-3-11-32(12-4-1)49-52-50(33-13-5-2-6-14-33)54-51(53-49)35-22-26-40-39-25-21-34(27-47(39)57-48(40)28-35)31-19-23-36(24-20-31)55-43-17-9-7-15-37(43)41-30-46-42(29-44(41)55)38-16-8-10-18-45(38)56-46/h1-30H. The van der Waals surface area contributed by atoms with Crippen LogP contribution in [-0.2, 0) is 0 Å². The smallest absolute Gasteiger partial charge is 0.164 e. The van der Waals surface area contributed by atoms with E-state index in [1.165, 1.54) is 53.1 Å². The Hall–Kier alpha value is -7.41. The number of rotatable bonds is 5. The van der Waals surface area contributed by atoms with Crippen molar-refractivity contribution < 1.29 is 4.42 Å². The fourth-order valence-corrected chi connectivity index (χ4v) is 9.49. The van der Waals surface area contributed by atoms with E-state index < -0.39 is 0 Å². The van der Waals surface area contributed by atoms with Gasteiger partial charge >= 0.3 is 0 Å². The van der Waals surface area contributed by atoms with E-state index in [9.17, 15) is 0 Å². The van der Waals surface area contributed by atoms with Crippen LogP contribution in [0.4, 0.5) is 0 Å². The third-order valence-corrected chi connectivity index (χ3v) is 12.2. The van der Waals surface area contributed by atoms with Gasteiger partial charge in [0.15, 0.2) is 17.5 Å². The van der Waals surface area contributed by atoms with Gasteiger partial charge in [-0.2, -0.15) is 0 Å². The van der Waals surface area contributed by atoms with Crippen molar-refractivity contribution in [3.8, 4) is 51.0 Å². The van der Waals surface area contributed by atoms with Crippen molar-refractivity contribution in [3.63, 3.8) is 0 Å². The number of nitrogens with zero attached hydrogens (tertiary/aromatic N) is 4. The molecular weight excluding hydrogens is 717 g/mol. The van der Waals surface area contributed by atoms with Gasteiger partial charge in [-0.1, -0.05) is 133 Å². The molecule has 6 heteroatoms. The number of thiophene rings is 1. The molecule has 0 radical (unpaired) electrons. The average molecular weight is 747 g/mol. The van der Waals surface area contributed by atoms with Gasteiger partial charge in [0, 0.05) is 64.1 Å². The maximum Gasteiger partial charge on any atom is 0.164 e. The van der Waals surface area contributed by atoms with Gasteiger partial charge in [-0.05, 0) is 59.7 Å². The van der Waals surface area contributed by atoms with Gasteiger partial charge in [0.25, 0.3) is 0 Å². The minimum Gasteiger partial charge on any atom is -0.456 e. The van der Waals surface area contributed by atoms with Crippen LogP contribution in [0.3, 0.4) is 0 Å². The van der Waals surface area contributed by atoms with Crippen LogP contribution in [0, 0.1) is 0 Å². The third kappa shape index (κ3) is 5.19. The number of para-hydroxylation sites is 2. The molecule has 12 rings (SSSR count). The molecule has 0 unspecified atom stereocenters. The van der Waals surface area contributed by atoms with E-state index in [2.05, 4.69) is 114 Å². The van der Waals surface area contributed by atoms with Crippen LogP contribution in [0.1, 0.15) is 0 Å². The summed E-state index contributed by atoms with van der Waals surface area (Å²) in [4.78, 5) is 14.8. The van der Waals surface area contributed by atoms with E-state index in [0.717, 1.165) is 44.3 Å². The molecule has 0 aliphatic heterocycles. The molecule has 4 aromatic heterocycles. The first-order valence-corrected chi connectivity index (χ1v) is 19.8. The van der Waals surface area contributed by atoms with E-state index in [1.807, 2.05) is 72.8 Å². The van der Waals surface area contributed by atoms with Gasteiger partial charge in [0.1, 0.15) is 11.2 Å². The fourth-order valence-electron chi connectivity index (χ4n) is 8.30. The van der Waals surface area contributed by atoms with Crippen LogP contribution in [0.2, 0.25) is 0 Å². The van der Waals surface area contributed by atoms with Crippen LogP contribution in [0.5, 0.6) is 0 Å². The molecule has 0 amide bonds. The molecule has 0 saturated heterocycles. The molecule has 0 atom stereocenters. The van der Waals surface area contributed by atoms with Crippen molar-refractivity contribution in [1.82, 2.24) is 19.5 Å². The van der Waals surface area contributed by atoms with E-state index >= 15 is 0 Å². The molecule has 57 heavy (non-hydrogen) atoms. The molecule has 5 nitrogen and oxygen atoms in total. The first-order valence-electron chi connectivity index (χ1n) is 19.0. The maximum absolute atomic E-state index is 6.29. The summed E-state index contributed by atoms with van der Waals surface area (Å²) in [5.74, 6) is 1.98. The monoisotopic (exact) mass is 746 g/mol. The van der Waals surface area contributed by atoms with E-state index in [0.29, 0.717) is 17.5 Å². The van der Waals surface area contributed by atoms with Gasteiger partial charge < -0.3 is 8.98 Å². The second-order valence-electron chi connectivity index (χ2n) is 14.4. The Morgan fingerprint density at radius 3 is 1.61 bits per heavy atom. The molecule has 0 aliphatic rings. The van der Waals surface area contributed by atoms with Gasteiger partial charge in [-0.15, -0.1) is 11.3 Å². The number of furan rings is 1. The summed E-state index contributed by atoms with van der Waals surface area (Å²) >= 11 is 1.80. The van der Waals surface area contributed by atoms with Gasteiger partial charge in [-0.25, -0.2) is 15.0 Å². The van der Waals surface area contributed by atoms with Crippen LogP contribution in [0.15, 0.2) is 186 Å². The summed E-state index contributed by atoms with van der Waals surface area (Å²) in [6.45, 7) is 0. The van der Waals surface area contributed by atoms with Crippen molar-refractivity contribution >= 4 is 75.3 Å². The summed E-state index contributed by atoms with van der Waals surface area (Å²) < 4.78 is 11.1. The Bertz CT molecular complexity index is 3450. The molecule has 8 aromatic carbocycles. The highest BCUT2D eigenvalue weighted by Gasteiger charge is 2.18. The van der Waals surface area contributed by atoms with Crippen LogP contribution in [0.25, 0.3) is 115 Å². The van der Waals surface area contributed by atoms with Crippen molar-refractivity contribution in [2.75, 3.05) is 0 Å². The largest absolute Gasteiger partial charge is 0.456 e. The zero-order valence-corrected chi connectivity index (χ0v) is 31.2. The zero-order chi connectivity index (χ0) is 37.5. The Labute approximate surface area is 330 Å². The molecule has 12 aromatic rings. The Morgan fingerprint density at radius 2 is 0.912 bits per heavy atom. The first kappa shape index (κ1) is 31.9. The number of aromatic nitrogens is 4. The minimum atomic E-state index is 0.661. The molecule has 0 bridgehead atoms. The zero-order valence-electron chi connectivity index (χ0n) is 30.4.